The van der Waals surface area contributed by atoms with E-state index in [9.17, 15) is 0 Å². The zero-order chi connectivity index (χ0) is 2.00. The minimum atomic E-state index is 0. The first kappa shape index (κ1) is 19.9. The van der Waals surface area contributed by atoms with E-state index < -0.39 is 0 Å². The van der Waals surface area contributed by atoms with Crippen LogP contribution in [-0.2, 0) is 45.8 Å². The number of hydrogen-bond acceptors (Lipinski definition) is 2. The van der Waals surface area contributed by atoms with Crippen LogP contribution in [0.4, 0.5) is 0 Å². The van der Waals surface area contributed by atoms with Crippen LogP contribution in [0.1, 0.15) is 0 Å². The van der Waals surface area contributed by atoms with Gasteiger partial charge in [-0.1, -0.05) is 0 Å². The summed E-state index contributed by atoms with van der Waals surface area (Å²) in [4.78, 5) is 0. The Morgan fingerprint density at radius 1 is 1.25 bits per heavy atom. The Morgan fingerprint density at radius 2 is 1.25 bits per heavy atom. The molecule has 0 amide bonds. The van der Waals surface area contributed by atoms with Crippen LogP contribution in [0.3, 0.4) is 0 Å². The van der Waals surface area contributed by atoms with E-state index in [1.165, 1.54) is 0 Å². The Hall–Kier alpha value is 1.02. The standard InChI is InChI=1S/Co.Ni.OS/c;;1-2. The van der Waals surface area contributed by atoms with Crippen LogP contribution in [0.15, 0.2) is 0 Å². The van der Waals surface area contributed by atoms with E-state index in [0.717, 1.165) is 0 Å². The van der Waals surface area contributed by atoms with Gasteiger partial charge in [0.05, 0.1) is 0 Å². The van der Waals surface area contributed by atoms with E-state index in [0.29, 0.717) is 0 Å². The quantitative estimate of drug-likeness (QED) is 0.457. The maximum atomic E-state index is 7.83. The molecule has 31 valence electrons. The van der Waals surface area contributed by atoms with Gasteiger partial charge in [0, 0.05) is 33.3 Å². The summed E-state index contributed by atoms with van der Waals surface area (Å²) >= 11 is 2.83. The second kappa shape index (κ2) is 35.2. The molecule has 0 saturated heterocycles. The Kier molecular flexibility index (Phi) is 175. The zero-order valence-corrected chi connectivity index (χ0v) is 4.31. The van der Waals surface area contributed by atoms with Gasteiger partial charge in [0.1, 0.15) is 0 Å². The van der Waals surface area contributed by atoms with Gasteiger partial charge in [-0.3, -0.25) is 0 Å². The molecule has 0 bridgehead atoms. The van der Waals surface area contributed by atoms with Crippen LogP contribution in [0, 0.1) is 0 Å². The average molecular weight is 166 g/mol. The molecule has 1 nitrogen and oxygen atoms in total. The predicted molar refractivity (Wildman–Crippen MR) is 8.14 cm³/mol. The van der Waals surface area contributed by atoms with Gasteiger partial charge in [0.25, 0.3) is 0 Å². The molecule has 4 heteroatoms. The van der Waals surface area contributed by atoms with Crippen molar-refractivity contribution in [3.8, 4) is 0 Å². The molecule has 0 heterocycles. The van der Waals surface area contributed by atoms with E-state index in [2.05, 4.69) is 12.5 Å². The summed E-state index contributed by atoms with van der Waals surface area (Å²) in [5.41, 5.74) is 0. The summed E-state index contributed by atoms with van der Waals surface area (Å²) in [6, 6.07) is 0. The van der Waals surface area contributed by atoms with Crippen molar-refractivity contribution in [3.05, 3.63) is 0 Å². The van der Waals surface area contributed by atoms with Crippen LogP contribution >= 0.6 is 0 Å². The first-order valence-electron chi connectivity index (χ1n) is 0.167. The fraction of sp³-hybridized carbons (Fsp3) is 0. The molecule has 0 aliphatic heterocycles. The van der Waals surface area contributed by atoms with Crippen LogP contribution in [0.25, 0.3) is 0 Å². The summed E-state index contributed by atoms with van der Waals surface area (Å²) in [5, 5.41) is 0. The topological polar surface area (TPSA) is 17.1 Å². The predicted octanol–water partition coefficient (Wildman–Crippen LogP) is -0.341. The SMILES string of the molecule is O=S.[Co].[Ni]. The van der Waals surface area contributed by atoms with Gasteiger partial charge in [-0.25, -0.2) is 0 Å². The van der Waals surface area contributed by atoms with Crippen molar-refractivity contribution in [1.82, 2.24) is 0 Å². The van der Waals surface area contributed by atoms with E-state index in [1.807, 2.05) is 0 Å². The molecule has 0 fully saturated rings. The smallest absolute Gasteiger partial charge is 0.197 e. The molecular weight excluding hydrogens is 166 g/mol. The Bertz CT molecular complexity index is 8.00. The van der Waals surface area contributed by atoms with Gasteiger partial charge in [0.2, 0.25) is 0 Å². The Morgan fingerprint density at radius 3 is 1.25 bits per heavy atom. The normalized spacial score (nSPS) is 1.00. The van der Waals surface area contributed by atoms with Crippen molar-refractivity contribution in [1.29, 1.82) is 0 Å². The maximum Gasteiger partial charge on any atom is 0.197 e. The monoisotopic (exact) mass is 165 g/mol. The minimum absolute atomic E-state index is 0. The van der Waals surface area contributed by atoms with E-state index in [1.54, 1.807) is 0 Å². The molecule has 0 aromatic carbocycles. The van der Waals surface area contributed by atoms with Crippen molar-refractivity contribution in [2.45, 2.75) is 0 Å². The molecule has 0 rings (SSSR count). The molecule has 0 aliphatic rings. The fourth-order valence-electron chi connectivity index (χ4n) is 0. The van der Waals surface area contributed by atoms with E-state index >= 15 is 0 Å². The van der Waals surface area contributed by atoms with Crippen molar-refractivity contribution in [2.75, 3.05) is 0 Å². The molecule has 0 aliphatic carbocycles. The van der Waals surface area contributed by atoms with Gasteiger partial charge in [-0.2, -0.15) is 4.21 Å². The van der Waals surface area contributed by atoms with Crippen LogP contribution in [-0.4, -0.2) is 4.21 Å². The third-order valence-corrected chi connectivity index (χ3v) is 0. The van der Waals surface area contributed by atoms with Crippen molar-refractivity contribution >= 4 is 12.5 Å². The van der Waals surface area contributed by atoms with Gasteiger partial charge in [-0.05, 0) is 0 Å². The third kappa shape index (κ3) is 11.8. The maximum absolute atomic E-state index is 7.83. The number of hydrogen-bond donors (Lipinski definition) is 0. The summed E-state index contributed by atoms with van der Waals surface area (Å²) in [7, 11) is 0. The molecule has 1 radical (unpaired) electrons. The van der Waals surface area contributed by atoms with Gasteiger partial charge in [-0.15, -0.1) is 0 Å². The molecular formula is CoNiOS. The molecule has 0 aromatic heterocycles. The van der Waals surface area contributed by atoms with E-state index in [4.69, 9.17) is 4.21 Å². The minimum Gasteiger partial charge on any atom is -0.197 e. The molecule has 0 spiro atoms. The summed E-state index contributed by atoms with van der Waals surface area (Å²) < 4.78 is 7.83. The molecule has 0 atom stereocenters. The van der Waals surface area contributed by atoms with Crippen LogP contribution in [0.2, 0.25) is 0 Å². The second-order valence-electron chi connectivity index (χ2n) is 0. The summed E-state index contributed by atoms with van der Waals surface area (Å²) in [6.45, 7) is 0. The van der Waals surface area contributed by atoms with E-state index in [-0.39, 0.29) is 33.3 Å². The van der Waals surface area contributed by atoms with Crippen molar-refractivity contribution in [3.63, 3.8) is 0 Å². The van der Waals surface area contributed by atoms with Crippen LogP contribution in [0.5, 0.6) is 0 Å². The van der Waals surface area contributed by atoms with Crippen LogP contribution < -0.4 is 0 Å². The summed E-state index contributed by atoms with van der Waals surface area (Å²) in [6.07, 6.45) is 0. The Labute approximate surface area is 50.2 Å². The third-order valence-electron chi connectivity index (χ3n) is 0. The summed E-state index contributed by atoms with van der Waals surface area (Å²) in [5.74, 6) is 0. The molecule has 0 unspecified atom stereocenters. The second-order valence-corrected chi connectivity index (χ2v) is 0. The molecule has 0 N–H and O–H groups in total. The molecule has 0 saturated carbocycles. The van der Waals surface area contributed by atoms with Gasteiger partial charge in [0.15, 0.2) is 12.5 Å². The zero-order valence-electron chi connectivity index (χ0n) is 1.47. The number of rotatable bonds is 0. The molecule has 4 heavy (non-hydrogen) atoms. The van der Waals surface area contributed by atoms with Crippen molar-refractivity contribution in [2.24, 2.45) is 0 Å². The Balaban J connectivity index is -0.00000000500. The molecule has 0 aromatic rings. The largest absolute Gasteiger partial charge is 0.197 e. The fourth-order valence-corrected chi connectivity index (χ4v) is 0. The van der Waals surface area contributed by atoms with Crippen molar-refractivity contribution < 1.29 is 37.5 Å². The van der Waals surface area contributed by atoms with Gasteiger partial charge < -0.3 is 0 Å². The average Bonchev–Trinajstić information content (AvgIpc) is 1.00. The van der Waals surface area contributed by atoms with Gasteiger partial charge >= 0.3 is 0 Å². The first-order valence-corrected chi connectivity index (χ1v) is 0.500. The first-order chi connectivity index (χ1) is 1.00.